The molecular formula is C16H19BrN4O. The molecule has 0 N–H and O–H groups in total. The number of rotatable bonds is 3. The predicted molar refractivity (Wildman–Crippen MR) is 87.4 cm³/mol. The first-order chi connectivity index (χ1) is 10.6. The molecule has 22 heavy (non-hydrogen) atoms. The van der Waals surface area contributed by atoms with Gasteiger partial charge in [-0.25, -0.2) is 4.98 Å². The van der Waals surface area contributed by atoms with Crippen molar-refractivity contribution < 1.29 is 4.79 Å². The Labute approximate surface area is 139 Å². The average Bonchev–Trinajstić information content (AvgIpc) is 3.38. The standard InChI is InChI=1S/C16H19BrN4O/c1-20(16(22)11-4-5-11)14-3-2-6-21(10-14)15-12(8-18)7-13(17)9-19-15/h7,9,11,14H,2-6,10H2,1H3. The fraction of sp³-hybridized carbons (Fsp3) is 0.562. The molecule has 1 aromatic rings. The first-order valence-corrected chi connectivity index (χ1v) is 8.46. The van der Waals surface area contributed by atoms with Crippen molar-refractivity contribution in [1.29, 1.82) is 5.26 Å². The van der Waals surface area contributed by atoms with Crippen LogP contribution < -0.4 is 4.90 Å². The Morgan fingerprint density at radius 2 is 2.27 bits per heavy atom. The van der Waals surface area contributed by atoms with E-state index in [9.17, 15) is 10.1 Å². The first kappa shape index (κ1) is 15.3. The van der Waals surface area contributed by atoms with Crippen molar-refractivity contribution in [3.05, 3.63) is 22.3 Å². The number of carbonyl (C=O) groups is 1. The molecule has 0 spiro atoms. The lowest BCUT2D eigenvalue weighted by Gasteiger charge is -2.38. The zero-order chi connectivity index (χ0) is 15.7. The van der Waals surface area contributed by atoms with Crippen molar-refractivity contribution in [2.24, 2.45) is 5.92 Å². The van der Waals surface area contributed by atoms with Gasteiger partial charge >= 0.3 is 0 Å². The smallest absolute Gasteiger partial charge is 0.225 e. The first-order valence-electron chi connectivity index (χ1n) is 7.67. The van der Waals surface area contributed by atoms with Crippen molar-refractivity contribution in [2.75, 3.05) is 25.0 Å². The van der Waals surface area contributed by atoms with E-state index in [1.54, 1.807) is 12.3 Å². The molecule has 2 heterocycles. The molecule has 1 aromatic heterocycles. The van der Waals surface area contributed by atoms with E-state index in [4.69, 9.17) is 0 Å². The Morgan fingerprint density at radius 1 is 1.50 bits per heavy atom. The number of likely N-dealkylation sites (N-methyl/N-ethyl adjacent to an activating group) is 1. The highest BCUT2D eigenvalue weighted by atomic mass is 79.9. The SMILES string of the molecule is CN(C(=O)C1CC1)C1CCCN(c2ncc(Br)cc2C#N)C1. The zero-order valence-corrected chi connectivity index (χ0v) is 14.2. The summed E-state index contributed by atoms with van der Waals surface area (Å²) >= 11 is 3.35. The van der Waals surface area contributed by atoms with E-state index in [2.05, 4.69) is 31.9 Å². The van der Waals surface area contributed by atoms with Crippen LogP contribution in [0.1, 0.15) is 31.2 Å². The Hall–Kier alpha value is -1.61. The highest BCUT2D eigenvalue weighted by Gasteiger charge is 2.36. The van der Waals surface area contributed by atoms with Gasteiger partial charge in [0.25, 0.3) is 0 Å². The molecule has 1 unspecified atom stereocenters. The van der Waals surface area contributed by atoms with Gasteiger partial charge in [0.15, 0.2) is 0 Å². The Balaban J connectivity index is 1.75. The summed E-state index contributed by atoms with van der Waals surface area (Å²) in [7, 11) is 1.91. The molecule has 2 fully saturated rings. The summed E-state index contributed by atoms with van der Waals surface area (Å²) in [5.74, 6) is 1.25. The maximum atomic E-state index is 12.2. The van der Waals surface area contributed by atoms with Gasteiger partial charge in [-0.15, -0.1) is 0 Å². The lowest BCUT2D eigenvalue weighted by molar-refractivity contribution is -0.133. The third-order valence-electron chi connectivity index (χ3n) is 4.47. The molecule has 1 saturated heterocycles. The Kier molecular flexibility index (Phi) is 4.34. The van der Waals surface area contributed by atoms with Gasteiger partial charge in [-0.2, -0.15) is 5.26 Å². The van der Waals surface area contributed by atoms with Gasteiger partial charge in [0, 0.05) is 42.8 Å². The monoisotopic (exact) mass is 362 g/mol. The van der Waals surface area contributed by atoms with E-state index in [-0.39, 0.29) is 17.9 Å². The number of pyridine rings is 1. The maximum Gasteiger partial charge on any atom is 0.225 e. The second-order valence-electron chi connectivity index (χ2n) is 6.10. The summed E-state index contributed by atoms with van der Waals surface area (Å²) in [4.78, 5) is 20.7. The zero-order valence-electron chi connectivity index (χ0n) is 12.6. The lowest BCUT2D eigenvalue weighted by Crippen LogP contribution is -2.49. The number of piperidine rings is 1. The molecule has 116 valence electrons. The molecule has 0 radical (unpaired) electrons. The van der Waals surface area contributed by atoms with Gasteiger partial charge < -0.3 is 9.80 Å². The van der Waals surface area contributed by atoms with E-state index >= 15 is 0 Å². The maximum absolute atomic E-state index is 12.2. The van der Waals surface area contributed by atoms with Crippen molar-refractivity contribution in [2.45, 2.75) is 31.7 Å². The van der Waals surface area contributed by atoms with Gasteiger partial charge in [-0.3, -0.25) is 4.79 Å². The van der Waals surface area contributed by atoms with Gasteiger partial charge in [0.1, 0.15) is 11.9 Å². The number of nitriles is 1. The van der Waals surface area contributed by atoms with Crippen LogP contribution in [0.2, 0.25) is 0 Å². The second-order valence-corrected chi connectivity index (χ2v) is 7.02. The fourth-order valence-corrected chi connectivity index (χ4v) is 3.36. The van der Waals surface area contributed by atoms with Gasteiger partial charge in [0.05, 0.1) is 5.56 Å². The van der Waals surface area contributed by atoms with E-state index in [0.29, 0.717) is 5.56 Å². The quantitative estimate of drug-likeness (QED) is 0.828. The van der Waals surface area contributed by atoms with E-state index in [1.165, 1.54) is 0 Å². The summed E-state index contributed by atoms with van der Waals surface area (Å²) in [5, 5.41) is 9.32. The molecule has 6 heteroatoms. The van der Waals surface area contributed by atoms with Crippen LogP contribution in [0.5, 0.6) is 0 Å². The summed E-state index contributed by atoms with van der Waals surface area (Å²) in [5.41, 5.74) is 0.575. The molecule has 3 rings (SSSR count). The molecule has 5 nitrogen and oxygen atoms in total. The summed E-state index contributed by atoms with van der Waals surface area (Å²) < 4.78 is 0.808. The van der Waals surface area contributed by atoms with Crippen LogP contribution >= 0.6 is 15.9 Å². The van der Waals surface area contributed by atoms with E-state index in [0.717, 1.165) is 49.1 Å². The molecule has 2 aliphatic rings. The van der Waals surface area contributed by atoms with Crippen LogP contribution in [0, 0.1) is 17.2 Å². The van der Waals surface area contributed by atoms with Crippen molar-refractivity contribution in [3.8, 4) is 6.07 Å². The minimum absolute atomic E-state index is 0.207. The predicted octanol–water partition coefficient (Wildman–Crippen LogP) is 2.55. The molecule has 1 aliphatic heterocycles. The third kappa shape index (κ3) is 3.09. The van der Waals surface area contributed by atoms with Crippen LogP contribution in [0.4, 0.5) is 5.82 Å². The molecule has 0 aromatic carbocycles. The average molecular weight is 363 g/mol. The molecule has 1 amide bonds. The second kappa shape index (κ2) is 6.25. The molecular weight excluding hydrogens is 344 g/mol. The molecule has 1 aliphatic carbocycles. The van der Waals surface area contributed by atoms with Gasteiger partial charge in [-0.1, -0.05) is 0 Å². The largest absolute Gasteiger partial charge is 0.353 e. The van der Waals surface area contributed by atoms with Crippen LogP contribution in [-0.2, 0) is 4.79 Å². The lowest BCUT2D eigenvalue weighted by atomic mass is 10.0. The Bertz CT molecular complexity index is 623. The van der Waals surface area contributed by atoms with E-state index < -0.39 is 0 Å². The number of anilines is 1. The van der Waals surface area contributed by atoms with Crippen molar-refractivity contribution >= 4 is 27.7 Å². The minimum Gasteiger partial charge on any atom is -0.353 e. The van der Waals surface area contributed by atoms with Crippen LogP contribution in [-0.4, -0.2) is 42.0 Å². The highest BCUT2D eigenvalue weighted by molar-refractivity contribution is 9.10. The summed E-state index contributed by atoms with van der Waals surface area (Å²) in [6.07, 6.45) is 5.82. The highest BCUT2D eigenvalue weighted by Crippen LogP contribution is 2.32. The molecule has 1 saturated carbocycles. The summed E-state index contributed by atoms with van der Waals surface area (Å²) in [6, 6.07) is 4.22. The third-order valence-corrected chi connectivity index (χ3v) is 4.91. The van der Waals surface area contributed by atoms with Crippen LogP contribution in [0.3, 0.4) is 0 Å². The number of aromatic nitrogens is 1. The normalized spacial score (nSPS) is 21.3. The van der Waals surface area contributed by atoms with Crippen molar-refractivity contribution in [3.63, 3.8) is 0 Å². The topological polar surface area (TPSA) is 60.2 Å². The van der Waals surface area contributed by atoms with Crippen molar-refractivity contribution in [1.82, 2.24) is 9.88 Å². The molecule has 0 bridgehead atoms. The summed E-state index contributed by atoms with van der Waals surface area (Å²) in [6.45, 7) is 1.63. The van der Waals surface area contributed by atoms with Gasteiger partial charge in [0.2, 0.25) is 5.91 Å². The van der Waals surface area contributed by atoms with Gasteiger partial charge in [-0.05, 0) is 47.7 Å². The fourth-order valence-electron chi connectivity index (χ4n) is 3.03. The molecule has 1 atom stereocenters. The van der Waals surface area contributed by atoms with Crippen LogP contribution in [0.15, 0.2) is 16.7 Å². The number of halogens is 1. The van der Waals surface area contributed by atoms with E-state index in [1.807, 2.05) is 11.9 Å². The number of nitrogens with zero attached hydrogens (tertiary/aromatic N) is 4. The Morgan fingerprint density at radius 3 is 2.95 bits per heavy atom. The number of hydrogen-bond acceptors (Lipinski definition) is 4. The number of hydrogen-bond donors (Lipinski definition) is 0. The van der Waals surface area contributed by atoms with Crippen LogP contribution in [0.25, 0.3) is 0 Å². The number of amides is 1. The number of carbonyl (C=O) groups excluding carboxylic acids is 1. The minimum atomic E-state index is 0.207.